The summed E-state index contributed by atoms with van der Waals surface area (Å²) in [5.74, 6) is 0. The minimum Gasteiger partial charge on any atom is -0.309 e. The van der Waals surface area contributed by atoms with E-state index >= 15 is 0 Å². The number of fused-ring (bicyclic) bond motifs is 4. The van der Waals surface area contributed by atoms with Crippen LogP contribution < -0.4 is 0 Å². The van der Waals surface area contributed by atoms with E-state index in [1.54, 1.807) is 0 Å². The van der Waals surface area contributed by atoms with Crippen molar-refractivity contribution in [3.05, 3.63) is 188 Å². The number of rotatable bonds is 4. The molecule has 10 aromatic carbocycles. The average molecular weight is 671 g/mol. The summed E-state index contributed by atoms with van der Waals surface area (Å²) in [6, 6.07) is 68.1. The molecule has 0 amide bonds. The Labute approximate surface area is 306 Å². The summed E-state index contributed by atoms with van der Waals surface area (Å²) >= 11 is 0. The van der Waals surface area contributed by atoms with Gasteiger partial charge in [0.25, 0.3) is 0 Å². The van der Waals surface area contributed by atoms with Crippen molar-refractivity contribution in [1.82, 2.24) is 4.57 Å². The molecule has 1 heterocycles. The predicted octanol–water partition coefficient (Wildman–Crippen LogP) is 13.7. The Kier molecular flexibility index (Phi) is 6.35. The van der Waals surface area contributed by atoms with Gasteiger partial charge in [-0.05, 0) is 125 Å². The highest BCUT2D eigenvalue weighted by atomic mass is 15.0. The smallest absolute Gasteiger partial charge is 0.0991 e. The second-order valence-corrected chi connectivity index (χ2v) is 14.0. The monoisotopic (exact) mass is 670 g/mol. The number of para-hydroxylation sites is 1. The Balaban J connectivity index is 1.03. The maximum absolute atomic E-state index is 9.73. The summed E-state index contributed by atoms with van der Waals surface area (Å²) in [6.07, 6.45) is 0. The maximum atomic E-state index is 9.73. The third kappa shape index (κ3) is 4.51. The standard InChI is InChI=1S/C51H30N2/c52-31-32-10-26-48-46(28-32)47-30-39(21-27-49(47)53(48)41-8-2-1-3-9-41)34-11-14-35(15-12-34)42-22-17-36-20-25-45-43(23-18-37-19-24-44(42)50(36)51(37)45)40-16-13-33-6-4-5-7-38(33)29-40/h1-30H. The molecule has 0 saturated carbocycles. The van der Waals surface area contributed by atoms with E-state index in [4.69, 9.17) is 0 Å². The lowest BCUT2D eigenvalue weighted by atomic mass is 9.87. The molecule has 11 aromatic rings. The van der Waals surface area contributed by atoms with Crippen LogP contribution in [-0.4, -0.2) is 4.57 Å². The molecule has 0 aliphatic carbocycles. The lowest BCUT2D eigenvalue weighted by Gasteiger charge is -2.17. The van der Waals surface area contributed by atoms with Crippen LogP contribution in [0.3, 0.4) is 0 Å². The van der Waals surface area contributed by atoms with Gasteiger partial charge >= 0.3 is 0 Å². The van der Waals surface area contributed by atoms with Gasteiger partial charge in [-0.1, -0.05) is 133 Å². The van der Waals surface area contributed by atoms with Crippen molar-refractivity contribution >= 4 is 64.9 Å². The Hall–Kier alpha value is -7.21. The van der Waals surface area contributed by atoms with E-state index in [0.717, 1.165) is 38.6 Å². The third-order valence-electron chi connectivity index (χ3n) is 11.2. The Bertz CT molecular complexity index is 3270. The highest BCUT2D eigenvalue weighted by molar-refractivity contribution is 6.27. The van der Waals surface area contributed by atoms with Crippen LogP contribution >= 0.6 is 0 Å². The molecule has 0 unspecified atom stereocenters. The van der Waals surface area contributed by atoms with Crippen LogP contribution in [-0.2, 0) is 0 Å². The number of aromatic nitrogens is 1. The minimum atomic E-state index is 0.664. The predicted molar refractivity (Wildman–Crippen MR) is 223 cm³/mol. The number of nitrogens with zero attached hydrogens (tertiary/aromatic N) is 2. The quantitative estimate of drug-likeness (QED) is 0.171. The molecule has 1 aromatic heterocycles. The van der Waals surface area contributed by atoms with Crippen molar-refractivity contribution in [1.29, 1.82) is 5.26 Å². The normalized spacial score (nSPS) is 11.8. The van der Waals surface area contributed by atoms with Crippen molar-refractivity contribution in [2.45, 2.75) is 0 Å². The second-order valence-electron chi connectivity index (χ2n) is 14.0. The van der Waals surface area contributed by atoms with E-state index in [-0.39, 0.29) is 0 Å². The van der Waals surface area contributed by atoms with E-state index < -0.39 is 0 Å². The molecule has 0 radical (unpaired) electrons. The molecule has 53 heavy (non-hydrogen) atoms. The lowest BCUT2D eigenvalue weighted by Crippen LogP contribution is -1.93. The van der Waals surface area contributed by atoms with Gasteiger partial charge in [-0.2, -0.15) is 5.26 Å². The minimum absolute atomic E-state index is 0.664. The Morgan fingerprint density at radius 1 is 0.358 bits per heavy atom. The summed E-state index contributed by atoms with van der Waals surface area (Å²) in [5, 5.41) is 22.2. The van der Waals surface area contributed by atoms with Crippen molar-refractivity contribution in [2.24, 2.45) is 0 Å². The molecule has 0 aliphatic rings. The average Bonchev–Trinajstić information content (AvgIpc) is 3.55. The van der Waals surface area contributed by atoms with Gasteiger partial charge in [0.2, 0.25) is 0 Å². The van der Waals surface area contributed by atoms with Crippen LogP contribution in [0.4, 0.5) is 0 Å². The molecular formula is C51H30N2. The molecule has 2 heteroatoms. The van der Waals surface area contributed by atoms with Gasteiger partial charge in [0, 0.05) is 16.5 Å². The number of hydrogen-bond acceptors (Lipinski definition) is 1. The van der Waals surface area contributed by atoms with Crippen LogP contribution in [0.25, 0.3) is 104 Å². The third-order valence-corrected chi connectivity index (χ3v) is 11.2. The molecule has 0 atom stereocenters. The number of nitriles is 1. The summed E-state index contributed by atoms with van der Waals surface area (Å²) in [7, 11) is 0. The molecule has 0 N–H and O–H groups in total. The molecular weight excluding hydrogens is 641 g/mol. The van der Waals surface area contributed by atoms with Crippen molar-refractivity contribution in [3.63, 3.8) is 0 Å². The first-order chi connectivity index (χ1) is 26.2. The summed E-state index contributed by atoms with van der Waals surface area (Å²) < 4.78 is 2.29. The zero-order valence-electron chi connectivity index (χ0n) is 28.7. The Morgan fingerprint density at radius 3 is 1.62 bits per heavy atom. The first kappa shape index (κ1) is 29.5. The topological polar surface area (TPSA) is 28.7 Å². The number of benzene rings is 10. The molecule has 11 rings (SSSR count). The van der Waals surface area contributed by atoms with E-state index in [9.17, 15) is 5.26 Å². The fraction of sp³-hybridized carbons (Fsp3) is 0. The first-order valence-electron chi connectivity index (χ1n) is 18.1. The highest BCUT2D eigenvalue weighted by Gasteiger charge is 2.17. The summed E-state index contributed by atoms with van der Waals surface area (Å²) in [4.78, 5) is 0. The first-order valence-corrected chi connectivity index (χ1v) is 18.1. The van der Waals surface area contributed by atoms with Gasteiger partial charge in [-0.25, -0.2) is 0 Å². The van der Waals surface area contributed by atoms with Gasteiger partial charge in [0.15, 0.2) is 0 Å². The van der Waals surface area contributed by atoms with E-state index in [2.05, 4.69) is 174 Å². The van der Waals surface area contributed by atoms with E-state index in [0.29, 0.717) is 5.56 Å². The lowest BCUT2D eigenvalue weighted by molar-refractivity contribution is 1.18. The zero-order valence-corrected chi connectivity index (χ0v) is 28.7. The van der Waals surface area contributed by atoms with Crippen LogP contribution in [0.2, 0.25) is 0 Å². The highest BCUT2D eigenvalue weighted by Crippen LogP contribution is 2.43. The van der Waals surface area contributed by atoms with Crippen molar-refractivity contribution in [3.8, 4) is 45.1 Å². The van der Waals surface area contributed by atoms with Crippen LogP contribution in [0.15, 0.2) is 182 Å². The summed E-state index contributed by atoms with van der Waals surface area (Å²) in [5.41, 5.74) is 11.2. The Morgan fingerprint density at radius 2 is 0.906 bits per heavy atom. The largest absolute Gasteiger partial charge is 0.309 e. The van der Waals surface area contributed by atoms with Gasteiger partial charge < -0.3 is 4.57 Å². The maximum Gasteiger partial charge on any atom is 0.0991 e. The molecule has 0 fully saturated rings. The van der Waals surface area contributed by atoms with Gasteiger partial charge in [0.1, 0.15) is 0 Å². The fourth-order valence-electron chi connectivity index (χ4n) is 8.63. The van der Waals surface area contributed by atoms with Crippen LogP contribution in [0, 0.1) is 11.3 Å². The molecule has 244 valence electrons. The molecule has 0 spiro atoms. The SMILES string of the molecule is N#Cc1ccc2c(c1)c1cc(-c3ccc(-c4ccc5ccc6c(-c7ccc8ccccc8c7)ccc7ccc4c5c76)cc3)ccc1n2-c1ccccc1. The van der Waals surface area contributed by atoms with Gasteiger partial charge in [0.05, 0.1) is 22.7 Å². The van der Waals surface area contributed by atoms with Gasteiger partial charge in [-0.3, -0.25) is 0 Å². The molecule has 0 aliphatic heterocycles. The molecule has 2 nitrogen and oxygen atoms in total. The molecule has 0 saturated heterocycles. The van der Waals surface area contributed by atoms with Crippen LogP contribution in [0.1, 0.15) is 5.56 Å². The zero-order chi connectivity index (χ0) is 35.0. The molecule has 0 bridgehead atoms. The van der Waals surface area contributed by atoms with Crippen LogP contribution in [0.5, 0.6) is 0 Å². The number of hydrogen-bond donors (Lipinski definition) is 0. The van der Waals surface area contributed by atoms with Crippen molar-refractivity contribution in [2.75, 3.05) is 0 Å². The van der Waals surface area contributed by atoms with Crippen molar-refractivity contribution < 1.29 is 0 Å². The van der Waals surface area contributed by atoms with E-state index in [1.165, 1.54) is 65.3 Å². The van der Waals surface area contributed by atoms with E-state index in [1.807, 2.05) is 18.2 Å². The fourth-order valence-corrected chi connectivity index (χ4v) is 8.63. The van der Waals surface area contributed by atoms with Gasteiger partial charge in [-0.15, -0.1) is 0 Å². The second kappa shape index (κ2) is 11.4. The summed E-state index contributed by atoms with van der Waals surface area (Å²) in [6.45, 7) is 0.